The van der Waals surface area contributed by atoms with E-state index >= 15 is 0 Å². The van der Waals surface area contributed by atoms with Gasteiger partial charge in [-0.05, 0) is 42.3 Å². The molecular formula is C19H20F3NO3S. The van der Waals surface area contributed by atoms with Crippen LogP contribution in [0.4, 0.5) is 13.2 Å². The molecule has 1 unspecified atom stereocenters. The molecule has 0 radical (unpaired) electrons. The second-order valence-electron chi connectivity index (χ2n) is 6.24. The summed E-state index contributed by atoms with van der Waals surface area (Å²) in [5.74, 6) is -0.545. The van der Waals surface area contributed by atoms with Crippen molar-refractivity contribution in [2.45, 2.75) is 36.9 Å². The molecule has 0 spiro atoms. The third-order valence-corrected chi connectivity index (χ3v) is 5.13. The number of carbonyl (C=O) groups excluding carboxylic acids is 1. The normalized spacial score (nSPS) is 13.2. The molecule has 2 aromatic rings. The molecule has 0 aliphatic carbocycles. The summed E-state index contributed by atoms with van der Waals surface area (Å²) in [5, 5.41) is 2.71. The zero-order valence-corrected chi connectivity index (χ0v) is 15.7. The van der Waals surface area contributed by atoms with Gasteiger partial charge in [-0.1, -0.05) is 31.5 Å². The van der Waals surface area contributed by atoms with Crippen LogP contribution in [0.15, 0.2) is 53.4 Å². The van der Waals surface area contributed by atoms with Crippen LogP contribution in [0.2, 0.25) is 0 Å². The number of rotatable bonds is 6. The Morgan fingerprint density at radius 3 is 2.37 bits per heavy atom. The van der Waals surface area contributed by atoms with E-state index in [9.17, 15) is 26.4 Å². The molecule has 27 heavy (non-hydrogen) atoms. The minimum atomic E-state index is -4.47. The van der Waals surface area contributed by atoms with Crippen LogP contribution >= 0.6 is 0 Å². The molecule has 8 heteroatoms. The summed E-state index contributed by atoms with van der Waals surface area (Å²) in [6.45, 7) is 1.86. The van der Waals surface area contributed by atoms with Crippen LogP contribution in [0.5, 0.6) is 0 Å². The van der Waals surface area contributed by atoms with Crippen molar-refractivity contribution in [1.82, 2.24) is 5.32 Å². The van der Waals surface area contributed by atoms with Crippen molar-refractivity contribution in [3.8, 4) is 0 Å². The molecule has 0 aliphatic heterocycles. The summed E-state index contributed by atoms with van der Waals surface area (Å²) >= 11 is 0. The van der Waals surface area contributed by atoms with Crippen molar-refractivity contribution in [1.29, 1.82) is 0 Å². The van der Waals surface area contributed by atoms with Gasteiger partial charge >= 0.3 is 6.18 Å². The highest BCUT2D eigenvalue weighted by Gasteiger charge is 2.31. The monoisotopic (exact) mass is 399 g/mol. The first-order chi connectivity index (χ1) is 12.5. The second kappa shape index (κ2) is 8.12. The lowest BCUT2D eigenvalue weighted by molar-refractivity contribution is -0.137. The fourth-order valence-electron chi connectivity index (χ4n) is 2.65. The van der Waals surface area contributed by atoms with Gasteiger partial charge in [0.25, 0.3) is 5.91 Å². The minimum Gasteiger partial charge on any atom is -0.345 e. The van der Waals surface area contributed by atoms with E-state index < -0.39 is 33.5 Å². The smallest absolute Gasteiger partial charge is 0.345 e. The van der Waals surface area contributed by atoms with Crippen molar-refractivity contribution in [3.63, 3.8) is 0 Å². The van der Waals surface area contributed by atoms with Crippen LogP contribution in [0, 0.1) is 0 Å². The quantitative estimate of drug-likeness (QED) is 0.784. The molecule has 0 fully saturated rings. The predicted molar refractivity (Wildman–Crippen MR) is 96.1 cm³/mol. The lowest BCUT2D eigenvalue weighted by atomic mass is 9.99. The van der Waals surface area contributed by atoms with Gasteiger partial charge in [0.1, 0.15) is 0 Å². The fourth-order valence-corrected chi connectivity index (χ4v) is 3.32. The van der Waals surface area contributed by atoms with Crippen LogP contribution < -0.4 is 5.32 Å². The highest BCUT2D eigenvalue weighted by atomic mass is 32.2. The number of hydrogen-bond acceptors (Lipinski definition) is 3. The Balaban J connectivity index is 2.30. The molecule has 0 saturated heterocycles. The Hall–Kier alpha value is -2.35. The van der Waals surface area contributed by atoms with Gasteiger partial charge < -0.3 is 5.32 Å². The molecule has 0 heterocycles. The standard InChI is InChI=1S/C19H20F3NO3S/c1-3-6-17(13-7-4-9-15(11-13)19(20,21)22)23-18(24)14-8-5-10-16(12-14)27(2,25)26/h4-5,7-12,17H,3,6H2,1-2H3,(H,23,24). The van der Waals surface area contributed by atoms with Crippen molar-refractivity contribution in [2.24, 2.45) is 0 Å². The molecule has 0 aliphatic rings. The first-order valence-corrected chi connectivity index (χ1v) is 10.2. The number of benzene rings is 2. The molecule has 0 saturated carbocycles. The number of carbonyl (C=O) groups is 1. The maximum absolute atomic E-state index is 13.0. The zero-order valence-electron chi connectivity index (χ0n) is 14.9. The Morgan fingerprint density at radius 2 is 1.78 bits per heavy atom. The maximum Gasteiger partial charge on any atom is 0.416 e. The topological polar surface area (TPSA) is 63.2 Å². The van der Waals surface area contributed by atoms with Crippen LogP contribution in [-0.2, 0) is 16.0 Å². The van der Waals surface area contributed by atoms with Crippen LogP contribution in [0.1, 0.15) is 47.3 Å². The summed E-state index contributed by atoms with van der Waals surface area (Å²) in [6, 6.07) is 9.75. The van der Waals surface area contributed by atoms with Crippen LogP contribution in [0.3, 0.4) is 0 Å². The van der Waals surface area contributed by atoms with Crippen LogP contribution in [-0.4, -0.2) is 20.6 Å². The summed E-state index contributed by atoms with van der Waals surface area (Å²) in [4.78, 5) is 12.5. The second-order valence-corrected chi connectivity index (χ2v) is 8.25. The van der Waals surface area contributed by atoms with Gasteiger partial charge in [-0.25, -0.2) is 8.42 Å². The Morgan fingerprint density at radius 1 is 1.11 bits per heavy atom. The number of sulfone groups is 1. The largest absolute Gasteiger partial charge is 0.416 e. The summed E-state index contributed by atoms with van der Waals surface area (Å²) in [5.41, 5.74) is -0.306. The first kappa shape index (κ1) is 21.0. The fraction of sp³-hybridized carbons (Fsp3) is 0.316. The van der Waals surface area contributed by atoms with Crippen molar-refractivity contribution < 1.29 is 26.4 Å². The lowest BCUT2D eigenvalue weighted by Crippen LogP contribution is -2.29. The van der Waals surface area contributed by atoms with E-state index in [0.717, 1.165) is 18.4 Å². The number of hydrogen-bond donors (Lipinski definition) is 1. The first-order valence-electron chi connectivity index (χ1n) is 8.30. The van der Waals surface area contributed by atoms with Gasteiger partial charge in [0, 0.05) is 11.8 Å². The van der Waals surface area contributed by atoms with Gasteiger partial charge in [-0.3, -0.25) is 4.79 Å². The Labute approximate surface area is 156 Å². The highest BCUT2D eigenvalue weighted by Crippen LogP contribution is 2.31. The van der Waals surface area contributed by atoms with E-state index in [2.05, 4.69) is 5.32 Å². The molecule has 146 valence electrons. The maximum atomic E-state index is 13.0. The van der Waals surface area contributed by atoms with Crippen molar-refractivity contribution >= 4 is 15.7 Å². The molecule has 1 amide bonds. The van der Waals surface area contributed by atoms with Gasteiger partial charge in [0.15, 0.2) is 9.84 Å². The lowest BCUT2D eigenvalue weighted by Gasteiger charge is -2.20. The van der Waals surface area contributed by atoms with E-state index in [1.54, 1.807) is 0 Å². The van der Waals surface area contributed by atoms with E-state index in [-0.39, 0.29) is 10.5 Å². The van der Waals surface area contributed by atoms with E-state index in [1.165, 1.54) is 36.4 Å². The molecule has 2 rings (SSSR count). The molecule has 1 atom stereocenters. The third kappa shape index (κ3) is 5.56. The molecule has 0 bridgehead atoms. The Bertz CT molecular complexity index is 924. The van der Waals surface area contributed by atoms with E-state index in [0.29, 0.717) is 18.4 Å². The molecule has 2 aromatic carbocycles. The minimum absolute atomic E-state index is 0.00117. The summed E-state index contributed by atoms with van der Waals surface area (Å²) in [6.07, 6.45) is -2.35. The third-order valence-electron chi connectivity index (χ3n) is 4.02. The predicted octanol–water partition coefficient (Wildman–Crippen LogP) is 4.38. The van der Waals surface area contributed by atoms with Crippen molar-refractivity contribution in [2.75, 3.05) is 6.26 Å². The van der Waals surface area contributed by atoms with Crippen molar-refractivity contribution in [3.05, 3.63) is 65.2 Å². The number of alkyl halides is 3. The summed E-state index contributed by atoms with van der Waals surface area (Å²) < 4.78 is 62.2. The molecular weight excluding hydrogens is 379 g/mol. The molecule has 1 N–H and O–H groups in total. The SMILES string of the molecule is CCCC(NC(=O)c1cccc(S(C)(=O)=O)c1)c1cccc(C(F)(F)F)c1. The zero-order chi connectivity index (χ0) is 20.2. The van der Waals surface area contributed by atoms with Gasteiger partial charge in [-0.2, -0.15) is 13.2 Å². The summed E-state index contributed by atoms with van der Waals surface area (Å²) in [7, 11) is -3.48. The number of amides is 1. The Kier molecular flexibility index (Phi) is 6.30. The average molecular weight is 399 g/mol. The van der Waals surface area contributed by atoms with Gasteiger partial charge in [0.05, 0.1) is 16.5 Å². The number of halogens is 3. The van der Waals surface area contributed by atoms with E-state index in [1.807, 2.05) is 6.92 Å². The molecule has 4 nitrogen and oxygen atoms in total. The number of nitrogens with one attached hydrogen (secondary N) is 1. The van der Waals surface area contributed by atoms with E-state index in [4.69, 9.17) is 0 Å². The molecule has 0 aromatic heterocycles. The average Bonchev–Trinajstić information content (AvgIpc) is 2.60. The van der Waals surface area contributed by atoms with Gasteiger partial charge in [-0.15, -0.1) is 0 Å². The van der Waals surface area contributed by atoms with Gasteiger partial charge in [0.2, 0.25) is 0 Å². The van der Waals surface area contributed by atoms with Crippen LogP contribution in [0.25, 0.3) is 0 Å². The highest BCUT2D eigenvalue weighted by molar-refractivity contribution is 7.90.